The zero-order valence-corrected chi connectivity index (χ0v) is 11.9. The van der Waals surface area contributed by atoms with Crippen LogP contribution in [0.25, 0.3) is 5.65 Å². The lowest BCUT2D eigenvalue weighted by molar-refractivity contribution is 0.196. The van der Waals surface area contributed by atoms with Crippen LogP contribution in [0.4, 0.5) is 0 Å². The van der Waals surface area contributed by atoms with E-state index >= 15 is 0 Å². The second-order valence-corrected chi connectivity index (χ2v) is 5.99. The van der Waals surface area contributed by atoms with E-state index in [1.54, 1.807) is 0 Å². The largest absolute Gasteiger partial charge is 0.396 e. The maximum Gasteiger partial charge on any atom is 0.136 e. The molecule has 2 aromatic rings. The molecule has 2 rings (SSSR count). The standard InChI is InChI=1S/C15H23N3O/c1-15(2,3)13(7-9-19)16-10-12-11-17-14-6-4-5-8-18(12)14/h4-6,8,11,13,16,19H,7,9-10H2,1-3H3/t13-/m1/s1. The summed E-state index contributed by atoms with van der Waals surface area (Å²) in [7, 11) is 0. The van der Waals surface area contributed by atoms with Crippen LogP contribution in [-0.2, 0) is 6.54 Å². The summed E-state index contributed by atoms with van der Waals surface area (Å²) in [5, 5.41) is 12.7. The van der Waals surface area contributed by atoms with Crippen LogP contribution < -0.4 is 5.32 Å². The van der Waals surface area contributed by atoms with Gasteiger partial charge in [-0.15, -0.1) is 0 Å². The number of pyridine rings is 1. The van der Waals surface area contributed by atoms with Gasteiger partial charge in [-0.2, -0.15) is 0 Å². The number of hydrogen-bond donors (Lipinski definition) is 2. The molecule has 0 bridgehead atoms. The first-order chi connectivity index (χ1) is 9.02. The molecule has 0 aliphatic rings. The van der Waals surface area contributed by atoms with E-state index in [0.29, 0.717) is 0 Å². The van der Waals surface area contributed by atoms with Crippen molar-refractivity contribution in [2.75, 3.05) is 6.61 Å². The fraction of sp³-hybridized carbons (Fsp3) is 0.533. The van der Waals surface area contributed by atoms with E-state index in [9.17, 15) is 5.11 Å². The molecule has 0 fully saturated rings. The SMILES string of the molecule is CC(C)(C)[C@@H](CCO)NCc1cnc2ccccn12. The molecule has 0 aromatic carbocycles. The molecule has 0 unspecified atom stereocenters. The Morgan fingerprint density at radius 3 is 2.84 bits per heavy atom. The molecular weight excluding hydrogens is 238 g/mol. The molecule has 4 heteroatoms. The Bertz CT molecular complexity index is 527. The van der Waals surface area contributed by atoms with Crippen molar-refractivity contribution in [3.63, 3.8) is 0 Å². The fourth-order valence-electron chi connectivity index (χ4n) is 2.31. The summed E-state index contributed by atoms with van der Waals surface area (Å²) in [4.78, 5) is 4.38. The van der Waals surface area contributed by atoms with Crippen LogP contribution in [0.2, 0.25) is 0 Å². The molecule has 0 aliphatic heterocycles. The normalized spacial score (nSPS) is 13.9. The Kier molecular flexibility index (Phi) is 4.22. The Hall–Kier alpha value is -1.39. The van der Waals surface area contributed by atoms with Gasteiger partial charge in [0.05, 0.1) is 11.9 Å². The third-order valence-electron chi connectivity index (χ3n) is 3.49. The lowest BCUT2D eigenvalue weighted by Crippen LogP contribution is -2.40. The van der Waals surface area contributed by atoms with Crippen molar-refractivity contribution in [2.24, 2.45) is 5.41 Å². The number of hydrogen-bond acceptors (Lipinski definition) is 3. The average Bonchev–Trinajstić information content (AvgIpc) is 2.76. The first-order valence-corrected chi connectivity index (χ1v) is 6.77. The lowest BCUT2D eigenvalue weighted by atomic mass is 9.85. The number of imidazole rings is 1. The van der Waals surface area contributed by atoms with E-state index in [1.165, 1.54) is 0 Å². The van der Waals surface area contributed by atoms with Gasteiger partial charge in [0.15, 0.2) is 0 Å². The number of nitrogens with zero attached hydrogens (tertiary/aromatic N) is 2. The molecule has 0 aliphatic carbocycles. The number of nitrogens with one attached hydrogen (secondary N) is 1. The van der Waals surface area contributed by atoms with E-state index in [1.807, 2.05) is 30.6 Å². The third-order valence-corrected chi connectivity index (χ3v) is 3.49. The Morgan fingerprint density at radius 2 is 2.16 bits per heavy atom. The zero-order chi connectivity index (χ0) is 13.9. The van der Waals surface area contributed by atoms with E-state index in [4.69, 9.17) is 0 Å². The van der Waals surface area contributed by atoms with Crippen molar-refractivity contribution in [3.8, 4) is 0 Å². The van der Waals surface area contributed by atoms with Crippen molar-refractivity contribution >= 4 is 5.65 Å². The van der Waals surface area contributed by atoms with Crippen LogP contribution in [-0.4, -0.2) is 27.1 Å². The maximum absolute atomic E-state index is 9.17. The number of aliphatic hydroxyl groups excluding tert-OH is 1. The molecule has 0 saturated carbocycles. The first-order valence-electron chi connectivity index (χ1n) is 6.77. The van der Waals surface area contributed by atoms with Crippen LogP contribution in [0, 0.1) is 5.41 Å². The Labute approximate surface area is 114 Å². The average molecular weight is 261 g/mol. The topological polar surface area (TPSA) is 49.6 Å². The summed E-state index contributed by atoms with van der Waals surface area (Å²) in [5.41, 5.74) is 2.24. The molecule has 2 aromatic heterocycles. The maximum atomic E-state index is 9.17. The highest BCUT2D eigenvalue weighted by Crippen LogP contribution is 2.22. The van der Waals surface area contributed by atoms with Gasteiger partial charge < -0.3 is 14.8 Å². The Morgan fingerprint density at radius 1 is 1.37 bits per heavy atom. The molecule has 1 atom stereocenters. The van der Waals surface area contributed by atoms with E-state index in [-0.39, 0.29) is 18.1 Å². The minimum atomic E-state index is 0.128. The number of aliphatic hydroxyl groups is 1. The minimum absolute atomic E-state index is 0.128. The fourth-order valence-corrected chi connectivity index (χ4v) is 2.31. The minimum Gasteiger partial charge on any atom is -0.396 e. The highest BCUT2D eigenvalue weighted by molar-refractivity contribution is 5.39. The zero-order valence-electron chi connectivity index (χ0n) is 11.9. The van der Waals surface area contributed by atoms with Crippen molar-refractivity contribution in [1.29, 1.82) is 0 Å². The highest BCUT2D eigenvalue weighted by atomic mass is 16.3. The molecular formula is C15H23N3O. The van der Waals surface area contributed by atoms with E-state index in [0.717, 1.165) is 24.3 Å². The van der Waals surface area contributed by atoms with Gasteiger partial charge in [0, 0.05) is 25.4 Å². The molecule has 2 N–H and O–H groups in total. The number of rotatable bonds is 5. The summed E-state index contributed by atoms with van der Waals surface area (Å²) >= 11 is 0. The van der Waals surface area contributed by atoms with Gasteiger partial charge >= 0.3 is 0 Å². The van der Waals surface area contributed by atoms with Gasteiger partial charge in [0.25, 0.3) is 0 Å². The van der Waals surface area contributed by atoms with Gasteiger partial charge in [0.2, 0.25) is 0 Å². The van der Waals surface area contributed by atoms with Gasteiger partial charge in [0.1, 0.15) is 5.65 Å². The van der Waals surface area contributed by atoms with Gasteiger partial charge in [-0.3, -0.25) is 0 Å². The van der Waals surface area contributed by atoms with Crippen LogP contribution in [0.1, 0.15) is 32.9 Å². The smallest absolute Gasteiger partial charge is 0.136 e. The molecule has 0 saturated heterocycles. The van der Waals surface area contributed by atoms with Crippen molar-refractivity contribution < 1.29 is 5.11 Å². The molecule has 0 spiro atoms. The predicted octanol–water partition coefficient (Wildman–Crippen LogP) is 2.22. The summed E-state index contributed by atoms with van der Waals surface area (Å²) in [6.07, 6.45) is 4.69. The van der Waals surface area contributed by atoms with Gasteiger partial charge in [-0.05, 0) is 24.0 Å². The predicted molar refractivity (Wildman–Crippen MR) is 77.0 cm³/mol. The van der Waals surface area contributed by atoms with Crippen LogP contribution in [0.5, 0.6) is 0 Å². The van der Waals surface area contributed by atoms with Crippen molar-refractivity contribution in [3.05, 3.63) is 36.3 Å². The summed E-state index contributed by atoms with van der Waals surface area (Å²) in [6, 6.07) is 6.28. The van der Waals surface area contributed by atoms with Gasteiger partial charge in [-0.1, -0.05) is 26.8 Å². The van der Waals surface area contributed by atoms with Crippen molar-refractivity contribution in [1.82, 2.24) is 14.7 Å². The molecule has 19 heavy (non-hydrogen) atoms. The second kappa shape index (κ2) is 5.72. The highest BCUT2D eigenvalue weighted by Gasteiger charge is 2.23. The third kappa shape index (κ3) is 3.33. The van der Waals surface area contributed by atoms with Crippen LogP contribution in [0.15, 0.2) is 30.6 Å². The summed E-state index contributed by atoms with van der Waals surface area (Å²) in [5.74, 6) is 0. The second-order valence-electron chi connectivity index (χ2n) is 5.99. The quantitative estimate of drug-likeness (QED) is 0.867. The van der Waals surface area contributed by atoms with Crippen LogP contribution >= 0.6 is 0 Å². The van der Waals surface area contributed by atoms with Crippen molar-refractivity contribution in [2.45, 2.75) is 39.8 Å². The molecule has 4 nitrogen and oxygen atoms in total. The van der Waals surface area contributed by atoms with Gasteiger partial charge in [-0.25, -0.2) is 4.98 Å². The van der Waals surface area contributed by atoms with Crippen LogP contribution in [0.3, 0.4) is 0 Å². The summed E-state index contributed by atoms with van der Waals surface area (Å²) < 4.78 is 2.09. The Balaban J connectivity index is 2.08. The summed E-state index contributed by atoms with van der Waals surface area (Å²) in [6.45, 7) is 7.54. The van der Waals surface area contributed by atoms with E-state index < -0.39 is 0 Å². The van der Waals surface area contributed by atoms with E-state index in [2.05, 4.69) is 35.5 Å². The molecule has 0 radical (unpaired) electrons. The first kappa shape index (κ1) is 14.0. The molecule has 104 valence electrons. The molecule has 0 amide bonds. The number of aromatic nitrogens is 2. The number of fused-ring (bicyclic) bond motifs is 1. The molecule has 2 heterocycles. The lowest BCUT2D eigenvalue weighted by Gasteiger charge is -2.31. The monoisotopic (exact) mass is 261 g/mol.